The molecule has 1 aliphatic carbocycles. The van der Waals surface area contributed by atoms with E-state index >= 15 is 0 Å². The van der Waals surface area contributed by atoms with Gasteiger partial charge in [0.25, 0.3) is 0 Å². The van der Waals surface area contributed by atoms with E-state index in [1.807, 2.05) is 6.92 Å². The Kier molecular flexibility index (Phi) is 7.18. The summed E-state index contributed by atoms with van der Waals surface area (Å²) >= 11 is 7.27. The lowest BCUT2D eigenvalue weighted by atomic mass is 9.59. The highest BCUT2D eigenvalue weighted by molar-refractivity contribution is 6.24. The Hall–Kier alpha value is -0.310. The standard InChI is InChI=1S/C21H37ClO2/c1-13-14(2)16(4)19(18(15(13)3)17(5)24)21(8,22)20(6,7)11-9-10-12-23/h17-19,23-24H,9-12H2,1-8H3. The van der Waals surface area contributed by atoms with Gasteiger partial charge in [0, 0.05) is 18.4 Å². The molecule has 1 rings (SSSR count). The summed E-state index contributed by atoms with van der Waals surface area (Å²) in [5, 5.41) is 19.6. The summed E-state index contributed by atoms with van der Waals surface area (Å²) in [7, 11) is 0. The van der Waals surface area contributed by atoms with Crippen molar-refractivity contribution in [3.8, 4) is 0 Å². The maximum atomic E-state index is 10.5. The van der Waals surface area contributed by atoms with Gasteiger partial charge in [-0.15, -0.1) is 11.6 Å². The van der Waals surface area contributed by atoms with Crippen molar-refractivity contribution in [1.82, 2.24) is 0 Å². The second kappa shape index (κ2) is 7.93. The molecule has 0 aromatic rings. The van der Waals surface area contributed by atoms with E-state index in [4.69, 9.17) is 16.7 Å². The molecular formula is C21H37ClO2. The fourth-order valence-electron chi connectivity index (χ4n) is 4.32. The third kappa shape index (κ3) is 3.92. The maximum absolute atomic E-state index is 10.5. The van der Waals surface area contributed by atoms with Gasteiger partial charge in [0.05, 0.1) is 11.0 Å². The molecule has 2 nitrogen and oxygen atoms in total. The average Bonchev–Trinajstić information content (AvgIpc) is 2.47. The van der Waals surface area contributed by atoms with Gasteiger partial charge in [-0.2, -0.15) is 0 Å². The van der Waals surface area contributed by atoms with Crippen LogP contribution in [0.4, 0.5) is 0 Å². The molecule has 0 fully saturated rings. The Bertz CT molecular complexity index is 512. The van der Waals surface area contributed by atoms with Gasteiger partial charge in [-0.3, -0.25) is 0 Å². The highest BCUT2D eigenvalue weighted by Crippen LogP contribution is 2.55. The number of aliphatic hydroxyl groups excluding tert-OH is 2. The number of aliphatic hydroxyl groups is 2. The SMILES string of the molecule is CC1=C(C)C(C(C)O)C(C(C)(Cl)C(C)(C)CCCCO)C(C)=C1C. The van der Waals surface area contributed by atoms with Crippen molar-refractivity contribution in [2.24, 2.45) is 17.3 Å². The zero-order valence-corrected chi connectivity index (χ0v) is 17.6. The van der Waals surface area contributed by atoms with E-state index < -0.39 is 11.0 Å². The maximum Gasteiger partial charge on any atom is 0.0583 e. The van der Waals surface area contributed by atoms with E-state index in [2.05, 4.69) is 48.5 Å². The molecule has 24 heavy (non-hydrogen) atoms. The molecule has 1 aliphatic rings. The van der Waals surface area contributed by atoms with Crippen molar-refractivity contribution < 1.29 is 10.2 Å². The van der Waals surface area contributed by atoms with Gasteiger partial charge in [0.2, 0.25) is 0 Å². The summed E-state index contributed by atoms with van der Waals surface area (Å²) in [4.78, 5) is -0.475. The first-order chi connectivity index (χ1) is 10.9. The number of rotatable bonds is 7. The molecule has 3 heteroatoms. The van der Waals surface area contributed by atoms with Gasteiger partial charge in [-0.1, -0.05) is 31.4 Å². The fraction of sp³-hybridized carbons (Fsp3) is 0.810. The smallest absolute Gasteiger partial charge is 0.0583 e. The molecule has 0 bridgehead atoms. The van der Waals surface area contributed by atoms with Crippen molar-refractivity contribution in [3.63, 3.8) is 0 Å². The molecule has 0 radical (unpaired) electrons. The van der Waals surface area contributed by atoms with Crippen LogP contribution in [-0.4, -0.2) is 27.8 Å². The van der Waals surface area contributed by atoms with Gasteiger partial charge in [-0.25, -0.2) is 0 Å². The first-order valence-corrected chi connectivity index (χ1v) is 9.60. The highest BCUT2D eigenvalue weighted by atomic mass is 35.5. The monoisotopic (exact) mass is 356 g/mol. The average molecular weight is 357 g/mol. The summed E-state index contributed by atoms with van der Waals surface area (Å²) < 4.78 is 0. The number of halogens is 1. The second-order valence-electron chi connectivity index (χ2n) is 8.50. The number of allylic oxidation sites excluding steroid dienone is 3. The summed E-state index contributed by atoms with van der Waals surface area (Å²) in [6.07, 6.45) is 2.31. The van der Waals surface area contributed by atoms with Crippen LogP contribution in [0.1, 0.15) is 74.7 Å². The van der Waals surface area contributed by atoms with Gasteiger partial charge < -0.3 is 10.2 Å². The summed E-state index contributed by atoms with van der Waals surface area (Å²) in [5.74, 6) is 0.153. The Morgan fingerprint density at radius 3 is 1.96 bits per heavy atom. The van der Waals surface area contributed by atoms with Crippen LogP contribution in [0.15, 0.2) is 22.3 Å². The molecule has 0 saturated heterocycles. The molecule has 4 atom stereocenters. The zero-order valence-electron chi connectivity index (χ0n) is 16.8. The third-order valence-electron chi connectivity index (χ3n) is 6.71. The van der Waals surface area contributed by atoms with Crippen LogP contribution in [0.5, 0.6) is 0 Å². The van der Waals surface area contributed by atoms with Crippen LogP contribution >= 0.6 is 11.6 Å². The van der Waals surface area contributed by atoms with E-state index in [9.17, 15) is 5.11 Å². The predicted octanol–water partition coefficient (Wildman–Crippen LogP) is 5.47. The first-order valence-electron chi connectivity index (χ1n) is 9.23. The molecule has 0 heterocycles. The second-order valence-corrected chi connectivity index (χ2v) is 9.29. The topological polar surface area (TPSA) is 40.5 Å². The minimum absolute atomic E-state index is 0.0494. The predicted molar refractivity (Wildman–Crippen MR) is 104 cm³/mol. The van der Waals surface area contributed by atoms with Gasteiger partial charge in [0.15, 0.2) is 0 Å². The molecule has 140 valence electrons. The molecule has 0 aromatic carbocycles. The van der Waals surface area contributed by atoms with Crippen LogP contribution in [0.25, 0.3) is 0 Å². The summed E-state index contributed by atoms with van der Waals surface area (Å²) in [6, 6.07) is 0. The van der Waals surface area contributed by atoms with Crippen LogP contribution in [0.2, 0.25) is 0 Å². The van der Waals surface area contributed by atoms with Crippen LogP contribution in [-0.2, 0) is 0 Å². The third-order valence-corrected chi connectivity index (χ3v) is 7.45. The van der Waals surface area contributed by atoms with Crippen molar-refractivity contribution in [3.05, 3.63) is 22.3 Å². The number of alkyl halides is 1. The molecule has 0 aliphatic heterocycles. The van der Waals surface area contributed by atoms with Gasteiger partial charge >= 0.3 is 0 Å². The highest BCUT2D eigenvalue weighted by Gasteiger charge is 2.51. The molecule has 0 aromatic heterocycles. The number of hydrogen-bond donors (Lipinski definition) is 2. The lowest BCUT2D eigenvalue weighted by Gasteiger charge is -2.51. The van der Waals surface area contributed by atoms with Crippen molar-refractivity contribution >= 4 is 11.6 Å². The summed E-state index contributed by atoms with van der Waals surface area (Å²) in [6.45, 7) is 17.3. The molecule has 0 amide bonds. The molecule has 4 unspecified atom stereocenters. The molecule has 2 N–H and O–H groups in total. The Labute approximate surface area is 154 Å². The fourth-order valence-corrected chi connectivity index (χ4v) is 4.72. The minimum Gasteiger partial charge on any atom is -0.396 e. The number of unbranched alkanes of at least 4 members (excludes halogenated alkanes) is 1. The van der Waals surface area contributed by atoms with Gasteiger partial charge in [0.1, 0.15) is 0 Å². The molecule has 0 spiro atoms. The first kappa shape index (κ1) is 21.7. The van der Waals surface area contributed by atoms with E-state index in [0.717, 1.165) is 19.3 Å². The van der Waals surface area contributed by atoms with Crippen molar-refractivity contribution in [2.45, 2.75) is 85.6 Å². The van der Waals surface area contributed by atoms with E-state index in [-0.39, 0.29) is 23.9 Å². The van der Waals surface area contributed by atoms with E-state index in [1.165, 1.54) is 22.3 Å². The Balaban J connectivity index is 3.33. The van der Waals surface area contributed by atoms with Crippen LogP contribution in [0.3, 0.4) is 0 Å². The largest absolute Gasteiger partial charge is 0.396 e. The van der Waals surface area contributed by atoms with Crippen molar-refractivity contribution in [1.29, 1.82) is 0 Å². The molecule has 0 saturated carbocycles. The minimum atomic E-state index is -0.475. The quantitative estimate of drug-likeness (QED) is 0.469. The van der Waals surface area contributed by atoms with Crippen molar-refractivity contribution in [2.75, 3.05) is 6.61 Å². The number of hydrogen-bond acceptors (Lipinski definition) is 2. The Morgan fingerprint density at radius 1 is 1.00 bits per heavy atom. The Morgan fingerprint density at radius 2 is 1.50 bits per heavy atom. The van der Waals surface area contributed by atoms with Crippen LogP contribution < -0.4 is 0 Å². The van der Waals surface area contributed by atoms with Gasteiger partial charge in [-0.05, 0) is 70.9 Å². The lowest BCUT2D eigenvalue weighted by Crippen LogP contribution is -2.50. The summed E-state index contributed by atoms with van der Waals surface area (Å²) in [5.41, 5.74) is 5.06. The normalized spacial score (nSPS) is 26.6. The van der Waals surface area contributed by atoms with Crippen LogP contribution in [0, 0.1) is 17.3 Å². The lowest BCUT2D eigenvalue weighted by molar-refractivity contribution is 0.0713. The van der Waals surface area contributed by atoms with E-state index in [1.54, 1.807) is 0 Å². The molecular weight excluding hydrogens is 320 g/mol. The zero-order chi connectivity index (χ0) is 18.9. The van der Waals surface area contributed by atoms with E-state index in [0.29, 0.717) is 0 Å².